The molecule has 114 valence electrons. The third kappa shape index (κ3) is 4.29. The summed E-state index contributed by atoms with van der Waals surface area (Å²) in [6.07, 6.45) is -0.0345. The summed E-state index contributed by atoms with van der Waals surface area (Å²) in [5.74, 6) is 1.12. The van der Waals surface area contributed by atoms with Gasteiger partial charge in [-0.05, 0) is 17.6 Å². The van der Waals surface area contributed by atoms with E-state index in [9.17, 15) is 0 Å². The van der Waals surface area contributed by atoms with E-state index in [1.165, 1.54) is 0 Å². The van der Waals surface area contributed by atoms with Crippen LogP contribution >= 0.6 is 0 Å². The lowest BCUT2D eigenvalue weighted by Crippen LogP contribution is -2.17. The molecular formula is C16H23N3O2. The Kier molecular flexibility index (Phi) is 4.96. The van der Waals surface area contributed by atoms with E-state index in [1.54, 1.807) is 0 Å². The molecule has 5 nitrogen and oxygen atoms in total. The van der Waals surface area contributed by atoms with Gasteiger partial charge in [0.05, 0.1) is 6.10 Å². The predicted molar refractivity (Wildman–Crippen MR) is 82.3 cm³/mol. The maximum Gasteiger partial charge on any atom is 0.263 e. The van der Waals surface area contributed by atoms with Gasteiger partial charge < -0.3 is 14.6 Å². The zero-order chi connectivity index (χ0) is 15.3. The maximum absolute atomic E-state index is 5.78. The minimum Gasteiger partial charge on any atom is -0.372 e. The average Bonchev–Trinajstić information content (AvgIpc) is 2.93. The van der Waals surface area contributed by atoms with Crippen LogP contribution in [0.15, 0.2) is 34.9 Å². The summed E-state index contributed by atoms with van der Waals surface area (Å²) in [6, 6.07) is 10.1. The number of aromatic nitrogens is 2. The molecule has 0 fully saturated rings. The van der Waals surface area contributed by atoms with Gasteiger partial charge in [0, 0.05) is 18.6 Å². The van der Waals surface area contributed by atoms with E-state index in [0.717, 1.165) is 5.56 Å². The Bertz CT molecular complexity index is 546. The first-order valence-corrected chi connectivity index (χ1v) is 7.25. The van der Waals surface area contributed by atoms with Crippen molar-refractivity contribution in [3.63, 3.8) is 0 Å². The molecule has 0 aliphatic heterocycles. The van der Waals surface area contributed by atoms with Crippen LogP contribution in [0.5, 0.6) is 0 Å². The van der Waals surface area contributed by atoms with Crippen molar-refractivity contribution >= 4 is 5.95 Å². The van der Waals surface area contributed by atoms with Gasteiger partial charge in [-0.25, -0.2) is 0 Å². The van der Waals surface area contributed by atoms with Crippen molar-refractivity contribution in [1.82, 2.24) is 10.1 Å². The molecule has 0 spiro atoms. The number of benzene rings is 1. The molecule has 0 aliphatic rings. The topological polar surface area (TPSA) is 60.2 Å². The van der Waals surface area contributed by atoms with E-state index < -0.39 is 0 Å². The molecule has 0 bridgehead atoms. The molecule has 0 saturated heterocycles. The highest BCUT2D eigenvalue weighted by molar-refractivity contribution is 5.26. The summed E-state index contributed by atoms with van der Waals surface area (Å²) in [5, 5.41) is 7.14. The minimum absolute atomic E-state index is 0.0345. The zero-order valence-corrected chi connectivity index (χ0v) is 13.1. The van der Waals surface area contributed by atoms with Crippen molar-refractivity contribution in [2.75, 3.05) is 18.5 Å². The molecule has 2 aromatic rings. The van der Waals surface area contributed by atoms with Crippen LogP contribution in [0.2, 0.25) is 0 Å². The Balaban J connectivity index is 2.01. The lowest BCUT2D eigenvalue weighted by molar-refractivity contribution is 0.0717. The Hall–Kier alpha value is -1.88. The first-order valence-electron chi connectivity index (χ1n) is 7.25. The maximum atomic E-state index is 5.78. The minimum atomic E-state index is -0.147. The second-order valence-corrected chi connectivity index (χ2v) is 5.91. The van der Waals surface area contributed by atoms with Gasteiger partial charge in [-0.1, -0.05) is 51.1 Å². The summed E-state index contributed by atoms with van der Waals surface area (Å²) in [5.41, 5.74) is 0.984. The van der Waals surface area contributed by atoms with Crippen LogP contribution < -0.4 is 5.32 Å². The van der Waals surface area contributed by atoms with Gasteiger partial charge in [0.2, 0.25) is 5.89 Å². The van der Waals surface area contributed by atoms with Crippen molar-refractivity contribution in [2.45, 2.75) is 39.2 Å². The van der Waals surface area contributed by atoms with E-state index in [0.29, 0.717) is 25.0 Å². The van der Waals surface area contributed by atoms with Crippen molar-refractivity contribution in [1.29, 1.82) is 0 Å². The van der Waals surface area contributed by atoms with Crippen LogP contribution in [0.25, 0.3) is 0 Å². The fourth-order valence-electron chi connectivity index (χ4n) is 1.93. The Morgan fingerprint density at radius 3 is 2.52 bits per heavy atom. The summed E-state index contributed by atoms with van der Waals surface area (Å²) < 4.78 is 11.0. The van der Waals surface area contributed by atoms with Crippen molar-refractivity contribution in [2.24, 2.45) is 0 Å². The smallest absolute Gasteiger partial charge is 0.263 e. The molecular weight excluding hydrogens is 266 g/mol. The molecule has 2 rings (SSSR count). The van der Waals surface area contributed by atoms with Crippen LogP contribution in [-0.2, 0) is 10.2 Å². The number of nitrogens with one attached hydrogen (secondary N) is 1. The largest absolute Gasteiger partial charge is 0.372 e. The zero-order valence-electron chi connectivity index (χ0n) is 13.1. The molecule has 1 heterocycles. The van der Waals surface area contributed by atoms with Crippen LogP contribution in [0.4, 0.5) is 5.95 Å². The molecule has 5 heteroatoms. The number of hydrogen-bond donors (Lipinski definition) is 1. The van der Waals surface area contributed by atoms with Crippen molar-refractivity contribution < 1.29 is 9.26 Å². The van der Waals surface area contributed by atoms with Gasteiger partial charge in [0.1, 0.15) is 0 Å². The highest BCUT2D eigenvalue weighted by Crippen LogP contribution is 2.22. The summed E-state index contributed by atoms with van der Waals surface area (Å²) >= 11 is 0. The molecule has 0 radical (unpaired) electrons. The molecule has 1 aromatic heterocycles. The Morgan fingerprint density at radius 2 is 1.95 bits per heavy atom. The summed E-state index contributed by atoms with van der Waals surface area (Å²) in [7, 11) is 0. The van der Waals surface area contributed by atoms with E-state index in [4.69, 9.17) is 9.26 Å². The molecule has 0 aliphatic carbocycles. The van der Waals surface area contributed by atoms with E-state index in [2.05, 4.69) is 27.6 Å². The molecule has 1 N–H and O–H groups in total. The van der Waals surface area contributed by atoms with Crippen LogP contribution in [-0.4, -0.2) is 23.3 Å². The number of nitrogens with zero attached hydrogens (tertiary/aromatic N) is 2. The quantitative estimate of drug-likeness (QED) is 0.881. The molecule has 0 amide bonds. The highest BCUT2D eigenvalue weighted by Gasteiger charge is 2.22. The first kappa shape index (κ1) is 15.5. The van der Waals surface area contributed by atoms with E-state index in [-0.39, 0.29) is 11.5 Å². The predicted octanol–water partition coefficient (Wildman–Crippen LogP) is 3.56. The Labute approximate surface area is 125 Å². The standard InChI is InChI=1S/C16H23N3O2/c1-5-20-13(12-9-7-6-8-10-12)11-17-15-18-14(21-19-15)16(2,3)4/h6-10,13H,5,11H2,1-4H3,(H,17,19). The first-order chi connectivity index (χ1) is 10.0. The fraction of sp³-hybridized carbons (Fsp3) is 0.500. The van der Waals surface area contributed by atoms with Crippen molar-refractivity contribution in [3.8, 4) is 0 Å². The monoisotopic (exact) mass is 289 g/mol. The number of ether oxygens (including phenoxy) is 1. The van der Waals surface area contributed by atoms with Crippen LogP contribution in [0.3, 0.4) is 0 Å². The fourth-order valence-corrected chi connectivity index (χ4v) is 1.93. The second-order valence-electron chi connectivity index (χ2n) is 5.91. The highest BCUT2D eigenvalue weighted by atomic mass is 16.5. The molecule has 1 aromatic carbocycles. The molecule has 1 unspecified atom stereocenters. The molecule has 1 atom stereocenters. The third-order valence-corrected chi connectivity index (χ3v) is 3.05. The summed E-state index contributed by atoms with van der Waals surface area (Å²) in [6.45, 7) is 9.36. The lowest BCUT2D eigenvalue weighted by atomic mass is 9.97. The number of rotatable bonds is 6. The number of anilines is 1. The normalized spacial score (nSPS) is 13.1. The number of hydrogen-bond acceptors (Lipinski definition) is 5. The van der Waals surface area contributed by atoms with Gasteiger partial charge in [0.25, 0.3) is 5.95 Å². The van der Waals surface area contributed by atoms with Gasteiger partial charge in [0.15, 0.2) is 0 Å². The van der Waals surface area contributed by atoms with E-state index >= 15 is 0 Å². The summed E-state index contributed by atoms with van der Waals surface area (Å²) in [4.78, 5) is 4.36. The third-order valence-electron chi connectivity index (χ3n) is 3.05. The Morgan fingerprint density at radius 1 is 1.24 bits per heavy atom. The van der Waals surface area contributed by atoms with Gasteiger partial charge in [-0.3, -0.25) is 0 Å². The van der Waals surface area contributed by atoms with Gasteiger partial charge in [-0.2, -0.15) is 4.98 Å². The SMILES string of the molecule is CCOC(CNc1noc(C(C)(C)C)n1)c1ccccc1. The van der Waals surface area contributed by atoms with Crippen LogP contribution in [0.1, 0.15) is 45.3 Å². The van der Waals surface area contributed by atoms with Crippen molar-refractivity contribution in [3.05, 3.63) is 41.8 Å². The second kappa shape index (κ2) is 6.72. The van der Waals surface area contributed by atoms with Gasteiger partial charge in [-0.15, -0.1) is 0 Å². The average molecular weight is 289 g/mol. The molecule has 0 saturated carbocycles. The van der Waals surface area contributed by atoms with E-state index in [1.807, 2.05) is 45.9 Å². The van der Waals surface area contributed by atoms with Gasteiger partial charge >= 0.3 is 0 Å². The molecule has 21 heavy (non-hydrogen) atoms. The lowest BCUT2D eigenvalue weighted by Gasteiger charge is -2.17. The van der Waals surface area contributed by atoms with Crippen LogP contribution in [0, 0.1) is 0 Å².